The molecule has 1 aromatic heterocycles. The zero-order valence-corrected chi connectivity index (χ0v) is 10.0. The molecule has 2 rings (SSSR count). The van der Waals surface area contributed by atoms with Gasteiger partial charge in [-0.3, -0.25) is 4.79 Å². The molecule has 1 aromatic rings. The smallest absolute Gasteiger partial charge is 0.252 e. The van der Waals surface area contributed by atoms with Crippen LogP contribution in [0.4, 0.5) is 0 Å². The van der Waals surface area contributed by atoms with Crippen LogP contribution in [-0.4, -0.2) is 37.8 Å². The number of carbonyl (C=O) groups excluding carboxylic acids is 1. The summed E-state index contributed by atoms with van der Waals surface area (Å²) >= 11 is 0. The Balaban J connectivity index is 1.90. The first-order valence-electron chi connectivity index (χ1n) is 5.49. The second-order valence-electron chi connectivity index (χ2n) is 4.58. The Labute approximate surface area is 100 Å². The van der Waals surface area contributed by atoms with E-state index in [2.05, 4.69) is 17.2 Å². The van der Waals surface area contributed by atoms with E-state index in [1.165, 1.54) is 6.20 Å². The predicted octanol–water partition coefficient (Wildman–Crippen LogP) is 0.857. The Kier molecular flexibility index (Phi) is 3.28. The van der Waals surface area contributed by atoms with Gasteiger partial charge < -0.3 is 14.8 Å². The number of rotatable bonds is 4. The van der Waals surface area contributed by atoms with E-state index in [9.17, 15) is 4.79 Å². The van der Waals surface area contributed by atoms with Gasteiger partial charge in [0.25, 0.3) is 5.91 Å². The third-order valence-corrected chi connectivity index (χ3v) is 2.78. The van der Waals surface area contributed by atoms with Gasteiger partial charge in [-0.05, 0) is 6.07 Å². The van der Waals surface area contributed by atoms with Crippen molar-refractivity contribution in [1.82, 2.24) is 10.3 Å². The number of nitrogens with one attached hydrogen (secondary N) is 1. The Hall–Kier alpha value is -1.62. The van der Waals surface area contributed by atoms with Crippen molar-refractivity contribution in [2.75, 3.05) is 26.9 Å². The van der Waals surface area contributed by atoms with E-state index in [4.69, 9.17) is 9.47 Å². The highest BCUT2D eigenvalue weighted by Crippen LogP contribution is 2.25. The third kappa shape index (κ3) is 2.74. The molecule has 1 aliphatic rings. The fourth-order valence-electron chi connectivity index (χ4n) is 1.58. The molecule has 2 heterocycles. The number of methoxy groups -OCH3 is 1. The molecule has 0 unspecified atom stereocenters. The molecule has 0 saturated carbocycles. The lowest BCUT2D eigenvalue weighted by atomic mass is 9.89. The van der Waals surface area contributed by atoms with Gasteiger partial charge in [-0.2, -0.15) is 0 Å². The van der Waals surface area contributed by atoms with E-state index >= 15 is 0 Å². The van der Waals surface area contributed by atoms with Gasteiger partial charge in [0.2, 0.25) is 5.88 Å². The van der Waals surface area contributed by atoms with Crippen molar-refractivity contribution in [3.05, 3.63) is 23.9 Å². The van der Waals surface area contributed by atoms with E-state index in [0.29, 0.717) is 31.2 Å². The fourth-order valence-corrected chi connectivity index (χ4v) is 1.58. The summed E-state index contributed by atoms with van der Waals surface area (Å²) in [6, 6.07) is 3.36. The van der Waals surface area contributed by atoms with E-state index in [-0.39, 0.29) is 11.3 Å². The van der Waals surface area contributed by atoms with Gasteiger partial charge in [0.15, 0.2) is 0 Å². The van der Waals surface area contributed by atoms with Gasteiger partial charge in [-0.25, -0.2) is 4.98 Å². The van der Waals surface area contributed by atoms with Crippen LogP contribution >= 0.6 is 0 Å². The minimum Gasteiger partial charge on any atom is -0.481 e. The Morgan fingerprint density at radius 3 is 2.82 bits per heavy atom. The topological polar surface area (TPSA) is 60.5 Å². The Morgan fingerprint density at radius 1 is 1.59 bits per heavy atom. The summed E-state index contributed by atoms with van der Waals surface area (Å²) in [6.45, 7) is 4.11. The van der Waals surface area contributed by atoms with Crippen LogP contribution in [0.5, 0.6) is 5.88 Å². The van der Waals surface area contributed by atoms with Crippen molar-refractivity contribution in [2.24, 2.45) is 5.41 Å². The lowest BCUT2D eigenvalue weighted by Crippen LogP contribution is -2.48. The number of hydrogen-bond donors (Lipinski definition) is 1. The molecule has 0 aliphatic carbocycles. The first-order chi connectivity index (χ1) is 8.13. The molecule has 0 atom stereocenters. The number of amides is 1. The Bertz CT molecular complexity index is 399. The van der Waals surface area contributed by atoms with Crippen LogP contribution in [0.2, 0.25) is 0 Å². The largest absolute Gasteiger partial charge is 0.481 e. The minimum atomic E-state index is -0.117. The van der Waals surface area contributed by atoms with Gasteiger partial charge in [0, 0.05) is 24.2 Å². The number of hydrogen-bond acceptors (Lipinski definition) is 4. The first kappa shape index (κ1) is 11.9. The van der Waals surface area contributed by atoms with Crippen LogP contribution in [0.1, 0.15) is 17.3 Å². The zero-order chi connectivity index (χ0) is 12.3. The van der Waals surface area contributed by atoms with E-state index in [0.717, 1.165) is 0 Å². The van der Waals surface area contributed by atoms with Crippen molar-refractivity contribution in [3.8, 4) is 5.88 Å². The molecule has 0 bridgehead atoms. The molecule has 0 aromatic carbocycles. The zero-order valence-electron chi connectivity index (χ0n) is 10.0. The summed E-state index contributed by atoms with van der Waals surface area (Å²) < 4.78 is 10.1. The molecule has 1 saturated heterocycles. The fraction of sp³-hybridized carbons (Fsp3) is 0.500. The van der Waals surface area contributed by atoms with Crippen molar-refractivity contribution in [2.45, 2.75) is 6.92 Å². The lowest BCUT2D eigenvalue weighted by molar-refractivity contribution is -0.0978. The van der Waals surface area contributed by atoms with Crippen LogP contribution in [0, 0.1) is 5.41 Å². The molecule has 1 fully saturated rings. The lowest BCUT2D eigenvalue weighted by Gasteiger charge is -2.37. The normalized spacial score (nSPS) is 17.1. The molecule has 0 radical (unpaired) electrons. The highest BCUT2D eigenvalue weighted by Gasteiger charge is 2.33. The number of ether oxygens (including phenoxy) is 2. The van der Waals surface area contributed by atoms with Crippen molar-refractivity contribution in [3.63, 3.8) is 0 Å². The van der Waals surface area contributed by atoms with Gasteiger partial charge in [0.1, 0.15) is 0 Å². The summed E-state index contributed by atoms with van der Waals surface area (Å²) in [5.74, 6) is 0.384. The number of aromatic nitrogens is 1. The van der Waals surface area contributed by atoms with Crippen LogP contribution in [0.25, 0.3) is 0 Å². The summed E-state index contributed by atoms with van der Waals surface area (Å²) in [4.78, 5) is 15.8. The van der Waals surface area contributed by atoms with Crippen LogP contribution in [0.3, 0.4) is 0 Å². The average Bonchev–Trinajstić information content (AvgIpc) is 2.33. The van der Waals surface area contributed by atoms with Crippen LogP contribution < -0.4 is 10.1 Å². The maximum Gasteiger partial charge on any atom is 0.252 e. The molecular formula is C12H16N2O3. The average molecular weight is 236 g/mol. The summed E-state index contributed by atoms with van der Waals surface area (Å²) in [5.41, 5.74) is 0.616. The molecule has 5 nitrogen and oxygen atoms in total. The van der Waals surface area contributed by atoms with Gasteiger partial charge in [-0.15, -0.1) is 0 Å². The molecule has 1 N–H and O–H groups in total. The molecule has 1 aliphatic heterocycles. The van der Waals surface area contributed by atoms with Crippen molar-refractivity contribution >= 4 is 5.91 Å². The van der Waals surface area contributed by atoms with Crippen LogP contribution in [0.15, 0.2) is 18.3 Å². The SMILES string of the molecule is COc1ccc(C(=O)NCC2(C)COC2)cn1. The second-order valence-corrected chi connectivity index (χ2v) is 4.58. The second kappa shape index (κ2) is 4.71. The highest BCUT2D eigenvalue weighted by molar-refractivity contribution is 5.93. The van der Waals surface area contributed by atoms with Gasteiger partial charge in [0.05, 0.1) is 25.9 Å². The maximum atomic E-state index is 11.8. The maximum absolute atomic E-state index is 11.8. The first-order valence-corrected chi connectivity index (χ1v) is 5.49. The van der Waals surface area contributed by atoms with E-state index < -0.39 is 0 Å². The summed E-state index contributed by atoms with van der Waals surface area (Å²) in [5, 5.41) is 2.88. The summed E-state index contributed by atoms with van der Waals surface area (Å²) in [6.07, 6.45) is 1.51. The molecule has 5 heteroatoms. The molecule has 92 valence electrons. The highest BCUT2D eigenvalue weighted by atomic mass is 16.5. The minimum absolute atomic E-state index is 0.0789. The number of pyridine rings is 1. The monoisotopic (exact) mass is 236 g/mol. The molecule has 1 amide bonds. The third-order valence-electron chi connectivity index (χ3n) is 2.78. The van der Waals surface area contributed by atoms with Gasteiger partial charge in [-0.1, -0.05) is 6.92 Å². The Morgan fingerprint density at radius 2 is 2.35 bits per heavy atom. The van der Waals surface area contributed by atoms with Crippen molar-refractivity contribution < 1.29 is 14.3 Å². The predicted molar refractivity (Wildman–Crippen MR) is 62.0 cm³/mol. The van der Waals surface area contributed by atoms with Crippen molar-refractivity contribution in [1.29, 1.82) is 0 Å². The molecule has 0 spiro atoms. The molecular weight excluding hydrogens is 220 g/mol. The van der Waals surface area contributed by atoms with E-state index in [1.54, 1.807) is 19.2 Å². The van der Waals surface area contributed by atoms with Gasteiger partial charge >= 0.3 is 0 Å². The standard InChI is InChI=1S/C12H16N2O3/c1-12(7-17-8-12)6-14-11(15)9-3-4-10(16-2)13-5-9/h3-5H,6-8H2,1-2H3,(H,14,15). The summed E-state index contributed by atoms with van der Waals surface area (Å²) in [7, 11) is 1.54. The van der Waals surface area contributed by atoms with Crippen LogP contribution in [-0.2, 0) is 4.74 Å². The quantitative estimate of drug-likeness (QED) is 0.842. The number of carbonyl (C=O) groups is 1. The molecule has 17 heavy (non-hydrogen) atoms. The number of nitrogens with zero attached hydrogens (tertiary/aromatic N) is 1. The van der Waals surface area contributed by atoms with E-state index in [1.807, 2.05) is 0 Å².